The summed E-state index contributed by atoms with van der Waals surface area (Å²) in [7, 11) is -1.52. The highest BCUT2D eigenvalue weighted by molar-refractivity contribution is 7.92. The fraction of sp³-hybridized carbons (Fsp3) is 0.231. The van der Waals surface area contributed by atoms with Crippen molar-refractivity contribution in [1.29, 1.82) is 0 Å². The molecule has 1 atom stereocenters. The van der Waals surface area contributed by atoms with Crippen LogP contribution in [0.4, 0.5) is 10.1 Å². The average molecular weight is 548 g/mol. The van der Waals surface area contributed by atoms with Crippen molar-refractivity contribution in [2.24, 2.45) is 0 Å². The summed E-state index contributed by atoms with van der Waals surface area (Å²) in [6, 6.07) is 16.8. The molecule has 2 amide bonds. The van der Waals surface area contributed by atoms with Crippen molar-refractivity contribution in [1.82, 2.24) is 10.2 Å². The van der Waals surface area contributed by atoms with Crippen LogP contribution in [0.3, 0.4) is 0 Å². The third kappa shape index (κ3) is 6.39. The molecule has 3 rings (SSSR count). The molecule has 11 heteroatoms. The molecule has 0 radical (unpaired) electrons. The molecule has 0 aliphatic heterocycles. The van der Waals surface area contributed by atoms with Crippen LogP contribution in [0.15, 0.2) is 77.7 Å². The molecule has 0 aliphatic carbocycles. The Balaban J connectivity index is 2.11. The number of likely N-dealkylation sites (N-methyl/N-ethyl adjacent to an activating group) is 1. The number of anilines is 1. The number of halogens is 2. The maximum atomic E-state index is 14.5. The number of rotatable bonds is 10. The van der Waals surface area contributed by atoms with Crippen molar-refractivity contribution in [2.45, 2.75) is 24.4 Å². The Bertz CT molecular complexity index is 1370. The third-order valence-corrected chi connectivity index (χ3v) is 7.74. The van der Waals surface area contributed by atoms with Crippen LogP contribution >= 0.6 is 11.6 Å². The molecule has 0 heterocycles. The maximum Gasteiger partial charge on any atom is 0.264 e. The lowest BCUT2D eigenvalue weighted by Gasteiger charge is -2.32. The Labute approximate surface area is 220 Å². The van der Waals surface area contributed by atoms with Crippen molar-refractivity contribution < 1.29 is 27.1 Å². The van der Waals surface area contributed by atoms with Gasteiger partial charge in [-0.1, -0.05) is 48.0 Å². The molecule has 0 fully saturated rings. The first-order valence-electron chi connectivity index (χ1n) is 11.3. The van der Waals surface area contributed by atoms with Crippen LogP contribution in [0.1, 0.15) is 12.5 Å². The molecule has 8 nitrogen and oxygen atoms in total. The van der Waals surface area contributed by atoms with E-state index in [-0.39, 0.29) is 33.5 Å². The summed E-state index contributed by atoms with van der Waals surface area (Å²) >= 11 is 6.18. The predicted molar refractivity (Wildman–Crippen MR) is 139 cm³/mol. The molecular weight excluding hydrogens is 521 g/mol. The summed E-state index contributed by atoms with van der Waals surface area (Å²) in [4.78, 5) is 27.3. The third-order valence-electron chi connectivity index (χ3n) is 5.73. The molecule has 0 saturated heterocycles. The summed E-state index contributed by atoms with van der Waals surface area (Å²) in [5, 5.41) is 2.69. The standard InChI is InChI=1S/C26H27ClFN3O5S/c1-18(26(33)29-2)30(16-19-9-7-8-12-22(19)28)25(32)17-31(23-15-20(27)13-14-24(23)36-3)37(34,35)21-10-5-4-6-11-21/h4-15,18H,16-17H2,1-3H3,(H,29,33)/t18-/m0/s1. The number of nitrogens with one attached hydrogen (secondary N) is 1. The van der Waals surface area contributed by atoms with Gasteiger partial charge in [0.05, 0.1) is 17.7 Å². The van der Waals surface area contributed by atoms with Gasteiger partial charge in [0, 0.05) is 24.2 Å². The van der Waals surface area contributed by atoms with E-state index in [1.54, 1.807) is 24.3 Å². The second kappa shape index (κ2) is 12.1. The van der Waals surface area contributed by atoms with E-state index in [4.69, 9.17) is 16.3 Å². The normalized spacial score (nSPS) is 11.9. The Hall–Kier alpha value is -3.63. The van der Waals surface area contributed by atoms with Crippen LogP contribution in [-0.4, -0.2) is 51.9 Å². The number of benzene rings is 3. The molecule has 0 spiro atoms. The van der Waals surface area contributed by atoms with Crippen LogP contribution in [-0.2, 0) is 26.2 Å². The summed E-state index contributed by atoms with van der Waals surface area (Å²) in [6.07, 6.45) is 0. The molecule has 3 aromatic carbocycles. The zero-order valence-corrected chi connectivity index (χ0v) is 22.1. The van der Waals surface area contributed by atoms with Gasteiger partial charge in [-0.3, -0.25) is 13.9 Å². The van der Waals surface area contributed by atoms with Gasteiger partial charge in [-0.05, 0) is 43.3 Å². The van der Waals surface area contributed by atoms with Gasteiger partial charge < -0.3 is 15.0 Å². The molecule has 1 N–H and O–H groups in total. The lowest BCUT2D eigenvalue weighted by molar-refractivity contribution is -0.139. The zero-order valence-electron chi connectivity index (χ0n) is 20.5. The minimum atomic E-state index is -4.29. The van der Waals surface area contributed by atoms with Gasteiger partial charge in [0.1, 0.15) is 24.2 Å². The number of carbonyl (C=O) groups is 2. The summed E-state index contributed by atoms with van der Waals surface area (Å²) in [6.45, 7) is 0.517. The van der Waals surface area contributed by atoms with E-state index in [0.29, 0.717) is 0 Å². The number of nitrogens with zero attached hydrogens (tertiary/aromatic N) is 2. The van der Waals surface area contributed by atoms with Gasteiger partial charge in [-0.2, -0.15) is 0 Å². The molecule has 0 aromatic heterocycles. The van der Waals surface area contributed by atoms with Gasteiger partial charge in [-0.25, -0.2) is 12.8 Å². The number of amides is 2. The van der Waals surface area contributed by atoms with Gasteiger partial charge in [0.2, 0.25) is 11.8 Å². The minimum Gasteiger partial charge on any atom is -0.495 e. The van der Waals surface area contributed by atoms with E-state index in [1.165, 1.54) is 69.6 Å². The smallest absolute Gasteiger partial charge is 0.264 e. The largest absolute Gasteiger partial charge is 0.495 e. The minimum absolute atomic E-state index is 0.0330. The van der Waals surface area contributed by atoms with Crippen LogP contribution in [0.25, 0.3) is 0 Å². The number of sulfonamides is 1. The Morgan fingerprint density at radius 1 is 1.05 bits per heavy atom. The first-order valence-corrected chi connectivity index (χ1v) is 13.1. The first-order chi connectivity index (χ1) is 17.6. The molecule has 37 heavy (non-hydrogen) atoms. The first kappa shape index (κ1) is 27.9. The van der Waals surface area contributed by atoms with E-state index >= 15 is 0 Å². The van der Waals surface area contributed by atoms with Crippen LogP contribution in [0.2, 0.25) is 5.02 Å². The second-order valence-corrected chi connectivity index (χ2v) is 10.3. The van der Waals surface area contributed by atoms with Gasteiger partial charge >= 0.3 is 0 Å². The molecule has 0 saturated carbocycles. The SMILES string of the molecule is CNC(=O)[C@H](C)N(Cc1ccccc1F)C(=O)CN(c1cc(Cl)ccc1OC)S(=O)(=O)c1ccccc1. The highest BCUT2D eigenvalue weighted by atomic mass is 35.5. The van der Waals surface area contributed by atoms with Crippen molar-refractivity contribution in [3.63, 3.8) is 0 Å². The fourth-order valence-electron chi connectivity index (χ4n) is 3.69. The predicted octanol–water partition coefficient (Wildman–Crippen LogP) is 3.85. The monoisotopic (exact) mass is 547 g/mol. The number of ether oxygens (including phenoxy) is 1. The molecule has 196 valence electrons. The molecule has 0 aliphatic rings. The van der Waals surface area contributed by atoms with E-state index < -0.39 is 40.2 Å². The average Bonchev–Trinajstić information content (AvgIpc) is 2.90. The topological polar surface area (TPSA) is 96.0 Å². The maximum absolute atomic E-state index is 14.5. The molecular formula is C26H27ClFN3O5S. The Kier molecular flexibility index (Phi) is 9.12. The highest BCUT2D eigenvalue weighted by Crippen LogP contribution is 2.35. The van der Waals surface area contributed by atoms with Crippen LogP contribution in [0, 0.1) is 5.82 Å². The van der Waals surface area contributed by atoms with Gasteiger partial charge in [0.25, 0.3) is 10.0 Å². The van der Waals surface area contributed by atoms with Crippen molar-refractivity contribution in [3.8, 4) is 5.75 Å². The molecule has 3 aromatic rings. The summed E-state index contributed by atoms with van der Waals surface area (Å²) in [5.41, 5.74) is 0.204. The van der Waals surface area contributed by atoms with Crippen molar-refractivity contribution >= 4 is 39.1 Å². The Morgan fingerprint density at radius 2 is 1.70 bits per heavy atom. The summed E-state index contributed by atoms with van der Waals surface area (Å²) < 4.78 is 48.2. The number of methoxy groups -OCH3 is 1. The highest BCUT2D eigenvalue weighted by Gasteiger charge is 2.34. The lowest BCUT2D eigenvalue weighted by atomic mass is 10.1. The molecule has 0 unspecified atom stereocenters. The van der Waals surface area contributed by atoms with E-state index in [0.717, 1.165) is 9.21 Å². The van der Waals surface area contributed by atoms with Crippen LogP contribution < -0.4 is 14.4 Å². The summed E-state index contributed by atoms with van der Waals surface area (Å²) in [5.74, 6) is -1.63. The van der Waals surface area contributed by atoms with E-state index in [2.05, 4.69) is 5.32 Å². The number of carbonyl (C=O) groups excluding carboxylic acids is 2. The van der Waals surface area contributed by atoms with Gasteiger partial charge in [-0.15, -0.1) is 0 Å². The quantitative estimate of drug-likeness (QED) is 0.416. The lowest BCUT2D eigenvalue weighted by Crippen LogP contribution is -2.50. The fourth-order valence-corrected chi connectivity index (χ4v) is 5.30. The number of hydrogen-bond acceptors (Lipinski definition) is 5. The van der Waals surface area contributed by atoms with Crippen molar-refractivity contribution in [2.75, 3.05) is 25.0 Å². The van der Waals surface area contributed by atoms with Crippen molar-refractivity contribution in [3.05, 3.63) is 89.2 Å². The number of hydrogen-bond donors (Lipinski definition) is 1. The van der Waals surface area contributed by atoms with Gasteiger partial charge in [0.15, 0.2) is 0 Å². The van der Waals surface area contributed by atoms with E-state index in [9.17, 15) is 22.4 Å². The molecule has 0 bridgehead atoms. The van der Waals surface area contributed by atoms with E-state index in [1.807, 2.05) is 0 Å². The Morgan fingerprint density at radius 3 is 2.32 bits per heavy atom. The second-order valence-electron chi connectivity index (χ2n) is 8.04. The zero-order chi connectivity index (χ0) is 27.2. The van der Waals surface area contributed by atoms with Crippen LogP contribution in [0.5, 0.6) is 5.75 Å².